The summed E-state index contributed by atoms with van der Waals surface area (Å²) in [6.07, 6.45) is 1.02. The predicted molar refractivity (Wildman–Crippen MR) is 50.8 cm³/mol. The lowest BCUT2D eigenvalue weighted by molar-refractivity contribution is 0.0461. The van der Waals surface area contributed by atoms with E-state index in [1.165, 1.54) is 6.92 Å². The van der Waals surface area contributed by atoms with Crippen LogP contribution < -0.4 is 0 Å². The third-order valence-electron chi connectivity index (χ3n) is 2.34. The van der Waals surface area contributed by atoms with E-state index < -0.39 is 23.1 Å². The van der Waals surface area contributed by atoms with Crippen molar-refractivity contribution in [1.29, 1.82) is 0 Å². The number of halogens is 3. The van der Waals surface area contributed by atoms with Crippen LogP contribution in [0.5, 0.6) is 0 Å². The van der Waals surface area contributed by atoms with E-state index in [0.29, 0.717) is 12.8 Å². The van der Waals surface area contributed by atoms with Crippen LogP contribution in [0.1, 0.15) is 32.3 Å². The molecule has 0 radical (unpaired) electrons. The van der Waals surface area contributed by atoms with Gasteiger partial charge >= 0.3 is 0 Å². The van der Waals surface area contributed by atoms with E-state index in [4.69, 9.17) is 0 Å². The van der Waals surface area contributed by atoms with Gasteiger partial charge in [0.15, 0.2) is 17.5 Å². The molecule has 0 spiro atoms. The molecular formula is C11H13F3O. The molecule has 84 valence electrons. The average Bonchev–Trinajstić information content (AvgIpc) is 2.13. The molecule has 15 heavy (non-hydrogen) atoms. The molecule has 4 heteroatoms. The fourth-order valence-electron chi connectivity index (χ4n) is 1.50. The van der Waals surface area contributed by atoms with Gasteiger partial charge in [-0.05, 0) is 31.0 Å². The molecular weight excluding hydrogens is 205 g/mol. The SMILES string of the molecule is CCC[C@](C)(O)c1cc(F)c(F)c(F)c1. The van der Waals surface area contributed by atoms with Gasteiger partial charge in [-0.1, -0.05) is 13.3 Å². The van der Waals surface area contributed by atoms with Gasteiger partial charge in [-0.15, -0.1) is 0 Å². The van der Waals surface area contributed by atoms with Crippen LogP contribution in [-0.2, 0) is 5.60 Å². The van der Waals surface area contributed by atoms with E-state index in [-0.39, 0.29) is 5.56 Å². The summed E-state index contributed by atoms with van der Waals surface area (Å²) in [6, 6.07) is 1.65. The van der Waals surface area contributed by atoms with Crippen LogP contribution in [0.3, 0.4) is 0 Å². The fourth-order valence-corrected chi connectivity index (χ4v) is 1.50. The third-order valence-corrected chi connectivity index (χ3v) is 2.34. The molecule has 0 aromatic heterocycles. The fraction of sp³-hybridized carbons (Fsp3) is 0.455. The van der Waals surface area contributed by atoms with Crippen LogP contribution in [0, 0.1) is 17.5 Å². The first-order chi connectivity index (χ1) is 6.88. The summed E-state index contributed by atoms with van der Waals surface area (Å²) < 4.78 is 38.4. The first-order valence-corrected chi connectivity index (χ1v) is 4.76. The highest BCUT2D eigenvalue weighted by Gasteiger charge is 2.25. The van der Waals surface area contributed by atoms with Crippen LogP contribution in [0.15, 0.2) is 12.1 Å². The Hall–Kier alpha value is -1.03. The van der Waals surface area contributed by atoms with Crippen molar-refractivity contribution in [2.24, 2.45) is 0 Å². The summed E-state index contributed by atoms with van der Waals surface area (Å²) in [5, 5.41) is 9.87. The number of benzene rings is 1. The molecule has 0 bridgehead atoms. The third kappa shape index (κ3) is 2.50. The Morgan fingerprint density at radius 2 is 1.67 bits per heavy atom. The Morgan fingerprint density at radius 3 is 2.07 bits per heavy atom. The summed E-state index contributed by atoms with van der Waals surface area (Å²) in [6.45, 7) is 3.29. The van der Waals surface area contributed by atoms with E-state index in [0.717, 1.165) is 12.1 Å². The molecule has 1 atom stereocenters. The second-order valence-corrected chi connectivity index (χ2v) is 3.78. The molecule has 0 amide bonds. The standard InChI is InChI=1S/C11H13F3O/c1-3-4-11(2,15)7-5-8(12)10(14)9(13)6-7/h5-6,15H,3-4H2,1-2H3/t11-/m0/s1. The summed E-state index contributed by atoms with van der Waals surface area (Å²) >= 11 is 0. The molecule has 0 heterocycles. The number of hydrogen-bond acceptors (Lipinski definition) is 1. The van der Waals surface area contributed by atoms with Crippen LogP contribution in [-0.4, -0.2) is 5.11 Å². The van der Waals surface area contributed by atoms with Crippen LogP contribution >= 0.6 is 0 Å². The number of hydrogen-bond donors (Lipinski definition) is 1. The van der Waals surface area contributed by atoms with Crippen LogP contribution in [0.4, 0.5) is 13.2 Å². The summed E-state index contributed by atoms with van der Waals surface area (Å²) in [5.74, 6) is -4.06. The van der Waals surface area contributed by atoms with Gasteiger partial charge in [-0.25, -0.2) is 13.2 Å². The Labute approximate surface area is 86.5 Å². The first kappa shape index (κ1) is 12.0. The van der Waals surface area contributed by atoms with E-state index in [1.54, 1.807) is 0 Å². The van der Waals surface area contributed by atoms with Gasteiger partial charge in [0.2, 0.25) is 0 Å². The minimum atomic E-state index is -1.51. The molecule has 0 aliphatic rings. The minimum Gasteiger partial charge on any atom is -0.385 e. The van der Waals surface area contributed by atoms with Gasteiger partial charge in [0.05, 0.1) is 5.60 Å². The molecule has 1 aromatic rings. The van der Waals surface area contributed by atoms with Crippen molar-refractivity contribution in [3.05, 3.63) is 35.1 Å². The molecule has 0 aliphatic carbocycles. The Kier molecular flexibility index (Phi) is 3.39. The number of rotatable bonds is 3. The Morgan fingerprint density at radius 1 is 1.20 bits per heavy atom. The van der Waals surface area contributed by atoms with Gasteiger partial charge < -0.3 is 5.11 Å². The quantitative estimate of drug-likeness (QED) is 0.773. The lowest BCUT2D eigenvalue weighted by atomic mass is 9.91. The highest BCUT2D eigenvalue weighted by Crippen LogP contribution is 2.28. The molecule has 0 fully saturated rings. The van der Waals surface area contributed by atoms with Gasteiger partial charge in [-0.2, -0.15) is 0 Å². The highest BCUT2D eigenvalue weighted by molar-refractivity contribution is 5.24. The topological polar surface area (TPSA) is 20.2 Å². The maximum Gasteiger partial charge on any atom is 0.194 e. The van der Waals surface area contributed by atoms with Gasteiger partial charge in [0.1, 0.15) is 0 Å². The Bertz CT molecular complexity index is 338. The summed E-state index contributed by atoms with van der Waals surface area (Å²) in [7, 11) is 0. The maximum atomic E-state index is 12.9. The second-order valence-electron chi connectivity index (χ2n) is 3.78. The Balaban J connectivity index is 3.16. The van der Waals surface area contributed by atoms with Crippen LogP contribution in [0.25, 0.3) is 0 Å². The summed E-state index contributed by atoms with van der Waals surface area (Å²) in [5.41, 5.74) is -1.27. The van der Waals surface area contributed by atoms with Gasteiger partial charge in [0.25, 0.3) is 0 Å². The van der Waals surface area contributed by atoms with Crippen LogP contribution in [0.2, 0.25) is 0 Å². The highest BCUT2D eigenvalue weighted by atomic mass is 19.2. The zero-order valence-electron chi connectivity index (χ0n) is 8.65. The predicted octanol–water partition coefficient (Wildman–Crippen LogP) is 3.11. The lowest BCUT2D eigenvalue weighted by Crippen LogP contribution is -2.21. The largest absolute Gasteiger partial charge is 0.385 e. The smallest absolute Gasteiger partial charge is 0.194 e. The molecule has 1 aromatic carbocycles. The van der Waals surface area contributed by atoms with Crippen molar-refractivity contribution in [2.45, 2.75) is 32.3 Å². The molecule has 1 N–H and O–H groups in total. The second kappa shape index (κ2) is 4.23. The maximum absolute atomic E-state index is 12.9. The average molecular weight is 218 g/mol. The van der Waals surface area contributed by atoms with E-state index >= 15 is 0 Å². The van der Waals surface area contributed by atoms with E-state index in [2.05, 4.69) is 0 Å². The first-order valence-electron chi connectivity index (χ1n) is 4.76. The van der Waals surface area contributed by atoms with Crippen molar-refractivity contribution in [3.63, 3.8) is 0 Å². The van der Waals surface area contributed by atoms with Crippen molar-refractivity contribution >= 4 is 0 Å². The normalized spacial score (nSPS) is 15.1. The summed E-state index contributed by atoms with van der Waals surface area (Å²) in [4.78, 5) is 0. The lowest BCUT2D eigenvalue weighted by Gasteiger charge is -2.23. The molecule has 1 nitrogen and oxygen atoms in total. The zero-order chi connectivity index (χ0) is 11.6. The van der Waals surface area contributed by atoms with E-state index in [1.807, 2.05) is 6.92 Å². The van der Waals surface area contributed by atoms with Gasteiger partial charge in [-0.3, -0.25) is 0 Å². The molecule has 0 saturated heterocycles. The zero-order valence-corrected chi connectivity index (χ0v) is 8.65. The molecule has 1 rings (SSSR count). The molecule has 0 saturated carbocycles. The van der Waals surface area contributed by atoms with Gasteiger partial charge in [0, 0.05) is 0 Å². The molecule has 0 aliphatic heterocycles. The van der Waals surface area contributed by atoms with Crippen molar-refractivity contribution < 1.29 is 18.3 Å². The number of aliphatic hydroxyl groups is 1. The van der Waals surface area contributed by atoms with E-state index in [9.17, 15) is 18.3 Å². The molecule has 0 unspecified atom stereocenters. The van der Waals surface area contributed by atoms with Crippen molar-refractivity contribution in [2.75, 3.05) is 0 Å². The monoisotopic (exact) mass is 218 g/mol. The minimum absolute atomic E-state index is 0.0563. The van der Waals surface area contributed by atoms with Crippen molar-refractivity contribution in [3.8, 4) is 0 Å². The van der Waals surface area contributed by atoms with Crippen molar-refractivity contribution in [1.82, 2.24) is 0 Å².